The van der Waals surface area contributed by atoms with Crippen molar-refractivity contribution in [1.82, 2.24) is 0 Å². The Kier molecular flexibility index (Phi) is 4.84. The Hall–Kier alpha value is -1.76. The zero-order valence-corrected chi connectivity index (χ0v) is 11.9. The molecule has 5 heteroatoms. The molecule has 2 rings (SSSR count). The van der Waals surface area contributed by atoms with Gasteiger partial charge in [0.1, 0.15) is 24.2 Å². The molecule has 0 aliphatic carbocycles. The van der Waals surface area contributed by atoms with E-state index in [9.17, 15) is 4.39 Å². The molecule has 0 saturated carbocycles. The van der Waals surface area contributed by atoms with Crippen LogP contribution in [0, 0.1) is 17.1 Å². The largest absolute Gasteiger partial charge is 0.487 e. The van der Waals surface area contributed by atoms with Crippen LogP contribution in [-0.4, -0.2) is 0 Å². The molecule has 0 atom stereocenters. The lowest BCUT2D eigenvalue weighted by Gasteiger charge is -2.09. The number of ether oxygens (including phenoxy) is 1. The second-order valence-electron chi connectivity index (χ2n) is 4.11. The Morgan fingerprint density at radius 3 is 2.55 bits per heavy atom. The van der Waals surface area contributed by atoms with Crippen LogP contribution in [0.15, 0.2) is 36.4 Å². The molecule has 0 aliphatic rings. The van der Waals surface area contributed by atoms with Gasteiger partial charge in [-0.1, -0.05) is 23.7 Å². The molecule has 2 aromatic carbocycles. The first-order valence-corrected chi connectivity index (χ1v) is 6.71. The topological polar surface area (TPSA) is 33.0 Å². The van der Waals surface area contributed by atoms with Gasteiger partial charge in [0, 0.05) is 5.88 Å². The van der Waals surface area contributed by atoms with E-state index in [4.69, 9.17) is 33.2 Å². The Morgan fingerprint density at radius 1 is 1.15 bits per heavy atom. The molecule has 0 spiro atoms. The van der Waals surface area contributed by atoms with Crippen molar-refractivity contribution >= 4 is 23.2 Å². The highest BCUT2D eigenvalue weighted by Gasteiger charge is 2.06. The lowest BCUT2D eigenvalue weighted by Crippen LogP contribution is -1.98. The van der Waals surface area contributed by atoms with Crippen LogP contribution in [0.4, 0.5) is 4.39 Å². The summed E-state index contributed by atoms with van der Waals surface area (Å²) in [5.41, 5.74) is 1.59. The summed E-state index contributed by atoms with van der Waals surface area (Å²) < 4.78 is 18.7. The van der Waals surface area contributed by atoms with E-state index in [0.717, 1.165) is 5.56 Å². The van der Waals surface area contributed by atoms with Crippen molar-refractivity contribution in [2.24, 2.45) is 0 Å². The van der Waals surface area contributed by atoms with Crippen molar-refractivity contribution in [1.29, 1.82) is 5.26 Å². The van der Waals surface area contributed by atoms with E-state index >= 15 is 0 Å². The minimum absolute atomic E-state index is 0.00492. The highest BCUT2D eigenvalue weighted by molar-refractivity contribution is 6.32. The summed E-state index contributed by atoms with van der Waals surface area (Å²) >= 11 is 11.8. The van der Waals surface area contributed by atoms with Gasteiger partial charge in [0.05, 0.1) is 10.6 Å². The Bertz CT molecular complexity index is 667. The lowest BCUT2D eigenvalue weighted by atomic mass is 10.1. The minimum atomic E-state index is -0.541. The fourth-order valence-corrected chi connectivity index (χ4v) is 2.08. The minimum Gasteiger partial charge on any atom is -0.487 e. The zero-order chi connectivity index (χ0) is 14.5. The maximum absolute atomic E-state index is 13.2. The summed E-state index contributed by atoms with van der Waals surface area (Å²) in [5.74, 6) is 0.354. The molecule has 20 heavy (non-hydrogen) atoms. The van der Waals surface area contributed by atoms with Crippen molar-refractivity contribution in [2.45, 2.75) is 12.5 Å². The van der Waals surface area contributed by atoms with Gasteiger partial charge < -0.3 is 4.74 Å². The molecule has 2 aromatic rings. The molecule has 0 saturated heterocycles. The van der Waals surface area contributed by atoms with Crippen LogP contribution in [0.5, 0.6) is 5.75 Å². The van der Waals surface area contributed by atoms with Crippen LogP contribution in [0.3, 0.4) is 0 Å². The number of rotatable bonds is 4. The quantitative estimate of drug-likeness (QED) is 0.769. The van der Waals surface area contributed by atoms with E-state index in [-0.39, 0.29) is 12.2 Å². The molecular weight excluding hydrogens is 300 g/mol. The van der Waals surface area contributed by atoms with Crippen molar-refractivity contribution in [3.63, 3.8) is 0 Å². The van der Waals surface area contributed by atoms with Crippen molar-refractivity contribution in [2.75, 3.05) is 0 Å². The summed E-state index contributed by atoms with van der Waals surface area (Å²) in [7, 11) is 0. The van der Waals surface area contributed by atoms with Gasteiger partial charge in [-0.3, -0.25) is 0 Å². The van der Waals surface area contributed by atoms with Gasteiger partial charge in [0.15, 0.2) is 0 Å². The first-order chi connectivity index (χ1) is 9.63. The molecular formula is C15H10Cl2FNO. The molecule has 102 valence electrons. The van der Waals surface area contributed by atoms with Gasteiger partial charge >= 0.3 is 0 Å². The lowest BCUT2D eigenvalue weighted by molar-refractivity contribution is 0.306. The zero-order valence-electron chi connectivity index (χ0n) is 10.4. The normalized spacial score (nSPS) is 10.1. The maximum atomic E-state index is 13.2. The fraction of sp³-hybridized carbons (Fsp3) is 0.133. The van der Waals surface area contributed by atoms with Gasteiger partial charge in [0.25, 0.3) is 0 Å². The third kappa shape index (κ3) is 3.41. The maximum Gasteiger partial charge on any atom is 0.140 e. The highest BCUT2D eigenvalue weighted by Crippen LogP contribution is 2.27. The van der Waals surface area contributed by atoms with Crippen LogP contribution >= 0.6 is 23.2 Å². The summed E-state index contributed by atoms with van der Waals surface area (Å²) in [5, 5.41) is 9.23. The Labute approximate surface area is 126 Å². The van der Waals surface area contributed by atoms with Crippen LogP contribution in [-0.2, 0) is 12.5 Å². The van der Waals surface area contributed by atoms with Gasteiger partial charge in [-0.25, -0.2) is 4.39 Å². The average Bonchev–Trinajstić information content (AvgIpc) is 2.47. The first-order valence-electron chi connectivity index (χ1n) is 5.79. The van der Waals surface area contributed by atoms with E-state index in [1.54, 1.807) is 24.3 Å². The number of halogens is 3. The van der Waals surface area contributed by atoms with E-state index in [1.165, 1.54) is 12.1 Å². The highest BCUT2D eigenvalue weighted by atomic mass is 35.5. The van der Waals surface area contributed by atoms with E-state index in [1.807, 2.05) is 6.07 Å². The summed E-state index contributed by atoms with van der Waals surface area (Å²) in [6, 6.07) is 11.3. The van der Waals surface area contributed by atoms with Gasteiger partial charge in [-0.05, 0) is 35.4 Å². The molecule has 2 nitrogen and oxygen atoms in total. The predicted molar refractivity (Wildman–Crippen MR) is 76.5 cm³/mol. The van der Waals surface area contributed by atoms with Gasteiger partial charge in [-0.2, -0.15) is 5.26 Å². The molecule has 0 radical (unpaired) electrons. The Balaban J connectivity index is 2.11. The van der Waals surface area contributed by atoms with Gasteiger partial charge in [0.2, 0.25) is 0 Å². The third-order valence-electron chi connectivity index (χ3n) is 2.70. The van der Waals surface area contributed by atoms with E-state index in [0.29, 0.717) is 22.2 Å². The molecule has 0 N–H and O–H groups in total. The molecule has 0 amide bonds. The second-order valence-corrected chi connectivity index (χ2v) is 4.79. The van der Waals surface area contributed by atoms with Crippen LogP contribution < -0.4 is 4.74 Å². The number of benzene rings is 2. The Morgan fingerprint density at radius 2 is 1.90 bits per heavy atom. The first kappa shape index (κ1) is 14.6. The van der Waals surface area contributed by atoms with E-state index in [2.05, 4.69) is 0 Å². The molecule has 0 heterocycles. The molecule has 0 bridgehead atoms. The van der Waals surface area contributed by atoms with Crippen molar-refractivity contribution < 1.29 is 9.13 Å². The number of alkyl halides is 1. The second kappa shape index (κ2) is 6.60. The monoisotopic (exact) mass is 309 g/mol. The van der Waals surface area contributed by atoms with Crippen LogP contribution in [0.1, 0.15) is 16.7 Å². The van der Waals surface area contributed by atoms with Crippen molar-refractivity contribution in [3.05, 3.63) is 63.9 Å². The number of nitriles is 1. The summed E-state index contributed by atoms with van der Waals surface area (Å²) in [6.07, 6.45) is 0. The van der Waals surface area contributed by atoms with Crippen molar-refractivity contribution in [3.8, 4) is 11.8 Å². The SMILES string of the molecule is N#Cc1cc(COc2ccc(CCl)cc2Cl)ccc1F. The predicted octanol–water partition coefficient (Wildman–Crippen LogP) is 4.67. The van der Waals surface area contributed by atoms with E-state index < -0.39 is 5.82 Å². The average molecular weight is 310 g/mol. The standard InChI is InChI=1S/C15H10Cl2FNO/c16-7-10-2-4-15(13(17)6-10)20-9-11-1-3-14(18)12(5-11)8-19/h1-6H,7,9H2. The molecule has 0 aromatic heterocycles. The summed E-state index contributed by atoms with van der Waals surface area (Å²) in [4.78, 5) is 0. The molecule has 0 fully saturated rings. The fourth-order valence-electron chi connectivity index (χ4n) is 1.65. The van der Waals surface area contributed by atoms with Crippen LogP contribution in [0.25, 0.3) is 0 Å². The van der Waals surface area contributed by atoms with Gasteiger partial charge in [-0.15, -0.1) is 11.6 Å². The third-order valence-corrected chi connectivity index (χ3v) is 3.30. The number of hydrogen-bond donors (Lipinski definition) is 0. The molecule has 0 aliphatic heterocycles. The van der Waals surface area contributed by atoms with Crippen LogP contribution in [0.2, 0.25) is 5.02 Å². The summed E-state index contributed by atoms with van der Waals surface area (Å²) in [6.45, 7) is 0.203. The molecule has 0 unspecified atom stereocenters. The number of nitrogens with zero attached hydrogens (tertiary/aromatic N) is 1. The number of hydrogen-bond acceptors (Lipinski definition) is 2. The smallest absolute Gasteiger partial charge is 0.140 e.